The van der Waals surface area contributed by atoms with Crippen LogP contribution in [0.15, 0.2) is 47.3 Å². The molecule has 2 aliphatic rings. The van der Waals surface area contributed by atoms with Crippen molar-refractivity contribution in [2.45, 2.75) is 57.5 Å². The zero-order chi connectivity index (χ0) is 19.8. The van der Waals surface area contributed by atoms with Gasteiger partial charge < -0.3 is 5.32 Å². The van der Waals surface area contributed by atoms with Gasteiger partial charge in [0.1, 0.15) is 5.82 Å². The SMILES string of the molecule is O=C(N[C@H]1CCCc2ccccc21)c1ccc2c(=O)n3c(nc2c1)CCCCC3. The summed E-state index contributed by atoms with van der Waals surface area (Å²) < 4.78 is 1.81. The van der Waals surface area contributed by atoms with Crippen molar-refractivity contribution in [1.82, 2.24) is 14.9 Å². The first-order valence-electron chi connectivity index (χ1n) is 10.6. The fraction of sp³-hybridized carbons (Fsp3) is 0.375. The van der Waals surface area contributed by atoms with Crippen molar-refractivity contribution in [2.24, 2.45) is 0 Å². The molecule has 29 heavy (non-hydrogen) atoms. The van der Waals surface area contributed by atoms with Gasteiger partial charge in [0, 0.05) is 18.5 Å². The maximum atomic E-state index is 13.0. The minimum absolute atomic E-state index is 0.0140. The Morgan fingerprint density at radius 2 is 1.93 bits per heavy atom. The molecule has 1 atom stereocenters. The van der Waals surface area contributed by atoms with Crippen molar-refractivity contribution in [2.75, 3.05) is 0 Å². The predicted molar refractivity (Wildman–Crippen MR) is 113 cm³/mol. The molecule has 5 heteroatoms. The lowest BCUT2D eigenvalue weighted by Gasteiger charge is -2.26. The van der Waals surface area contributed by atoms with E-state index in [0.717, 1.165) is 57.3 Å². The lowest BCUT2D eigenvalue weighted by molar-refractivity contribution is 0.0933. The minimum atomic E-state index is -0.106. The average molecular weight is 387 g/mol. The van der Waals surface area contributed by atoms with Crippen LogP contribution in [0.25, 0.3) is 10.9 Å². The van der Waals surface area contributed by atoms with Crippen LogP contribution in [0, 0.1) is 0 Å². The number of carbonyl (C=O) groups is 1. The van der Waals surface area contributed by atoms with Gasteiger partial charge in [0.15, 0.2) is 0 Å². The Morgan fingerprint density at radius 3 is 2.86 bits per heavy atom. The first kappa shape index (κ1) is 18.1. The van der Waals surface area contributed by atoms with E-state index in [9.17, 15) is 9.59 Å². The number of benzene rings is 2. The third-order valence-electron chi connectivity index (χ3n) is 6.25. The van der Waals surface area contributed by atoms with E-state index in [4.69, 9.17) is 4.98 Å². The van der Waals surface area contributed by atoms with Crippen molar-refractivity contribution in [3.8, 4) is 0 Å². The minimum Gasteiger partial charge on any atom is -0.345 e. The summed E-state index contributed by atoms with van der Waals surface area (Å²) in [6.45, 7) is 0.737. The third kappa shape index (κ3) is 3.35. The number of amides is 1. The molecule has 2 aromatic carbocycles. The highest BCUT2D eigenvalue weighted by Crippen LogP contribution is 2.29. The lowest BCUT2D eigenvalue weighted by atomic mass is 9.87. The van der Waals surface area contributed by atoms with Crippen LogP contribution in [0.1, 0.15) is 65.5 Å². The van der Waals surface area contributed by atoms with Crippen molar-refractivity contribution < 1.29 is 4.79 Å². The standard InChI is InChI=1S/C24H25N3O2/c28-23(26-20-10-6-8-16-7-3-4-9-18(16)20)17-12-13-19-21(15-17)25-22-11-2-1-5-14-27(22)24(19)29/h3-4,7,9,12-13,15,20H,1-2,5-6,8,10-11,14H2,(H,26,28)/t20-/m0/s1. The van der Waals surface area contributed by atoms with Gasteiger partial charge >= 0.3 is 0 Å². The van der Waals surface area contributed by atoms with Crippen LogP contribution in [0.2, 0.25) is 0 Å². The summed E-state index contributed by atoms with van der Waals surface area (Å²) in [4.78, 5) is 30.6. The first-order valence-corrected chi connectivity index (χ1v) is 10.6. The van der Waals surface area contributed by atoms with Crippen molar-refractivity contribution in [3.63, 3.8) is 0 Å². The van der Waals surface area contributed by atoms with Gasteiger partial charge in [0.25, 0.3) is 11.5 Å². The summed E-state index contributed by atoms with van der Waals surface area (Å²) in [5, 5.41) is 3.79. The molecule has 3 aromatic rings. The largest absolute Gasteiger partial charge is 0.345 e. The molecule has 1 amide bonds. The van der Waals surface area contributed by atoms with E-state index in [2.05, 4.69) is 23.5 Å². The molecule has 5 nitrogen and oxygen atoms in total. The van der Waals surface area contributed by atoms with Crippen LogP contribution in [0.3, 0.4) is 0 Å². The Labute approximate surface area is 169 Å². The number of hydrogen-bond donors (Lipinski definition) is 1. The fourth-order valence-electron chi connectivity index (χ4n) is 4.70. The smallest absolute Gasteiger partial charge is 0.261 e. The first-order chi connectivity index (χ1) is 14.2. The van der Waals surface area contributed by atoms with Gasteiger partial charge in [-0.1, -0.05) is 30.7 Å². The molecule has 1 aromatic heterocycles. The van der Waals surface area contributed by atoms with E-state index < -0.39 is 0 Å². The van der Waals surface area contributed by atoms with Crippen LogP contribution in [0.5, 0.6) is 0 Å². The highest BCUT2D eigenvalue weighted by molar-refractivity contribution is 5.97. The van der Waals surface area contributed by atoms with Crippen LogP contribution in [-0.4, -0.2) is 15.5 Å². The maximum absolute atomic E-state index is 13.0. The molecule has 148 valence electrons. The van der Waals surface area contributed by atoms with Crippen molar-refractivity contribution in [3.05, 3.63) is 75.3 Å². The number of nitrogens with one attached hydrogen (secondary N) is 1. The number of aromatic nitrogens is 2. The summed E-state index contributed by atoms with van der Waals surface area (Å²) in [5.74, 6) is 0.740. The molecule has 1 aliphatic carbocycles. The summed E-state index contributed by atoms with van der Waals surface area (Å²) in [6, 6.07) is 13.7. The number of carbonyl (C=O) groups excluding carboxylic acids is 1. The molecular formula is C24H25N3O2. The van der Waals surface area contributed by atoms with Gasteiger partial charge in [-0.3, -0.25) is 14.2 Å². The highest BCUT2D eigenvalue weighted by Gasteiger charge is 2.22. The van der Waals surface area contributed by atoms with Gasteiger partial charge in [-0.15, -0.1) is 0 Å². The third-order valence-corrected chi connectivity index (χ3v) is 6.25. The molecule has 0 unspecified atom stereocenters. The van der Waals surface area contributed by atoms with Gasteiger partial charge in [0.2, 0.25) is 0 Å². The lowest BCUT2D eigenvalue weighted by Crippen LogP contribution is -2.31. The van der Waals surface area contributed by atoms with Gasteiger partial charge in [-0.05, 0) is 61.4 Å². The normalized spacial score (nSPS) is 18.6. The molecule has 1 N–H and O–H groups in total. The van der Waals surface area contributed by atoms with Crippen molar-refractivity contribution >= 4 is 16.8 Å². The molecule has 0 saturated heterocycles. The highest BCUT2D eigenvalue weighted by atomic mass is 16.1. The Hall–Kier alpha value is -2.95. The molecular weight excluding hydrogens is 362 g/mol. The van der Waals surface area contributed by atoms with Crippen LogP contribution >= 0.6 is 0 Å². The average Bonchev–Trinajstić information content (AvgIpc) is 2.99. The molecule has 5 rings (SSSR count). The monoisotopic (exact) mass is 387 g/mol. The molecule has 0 bridgehead atoms. The van der Waals surface area contributed by atoms with Crippen LogP contribution in [0.4, 0.5) is 0 Å². The van der Waals surface area contributed by atoms with E-state index in [1.54, 1.807) is 18.2 Å². The second-order valence-electron chi connectivity index (χ2n) is 8.14. The van der Waals surface area contributed by atoms with E-state index >= 15 is 0 Å². The molecule has 2 heterocycles. The van der Waals surface area contributed by atoms with E-state index in [-0.39, 0.29) is 17.5 Å². The Morgan fingerprint density at radius 1 is 1.03 bits per heavy atom. The number of aryl methyl sites for hydroxylation is 2. The van der Waals surface area contributed by atoms with Gasteiger partial charge in [-0.25, -0.2) is 4.98 Å². The van der Waals surface area contributed by atoms with E-state index in [1.165, 1.54) is 11.1 Å². The topological polar surface area (TPSA) is 64.0 Å². The summed E-state index contributed by atoms with van der Waals surface area (Å²) in [7, 11) is 0. The number of nitrogens with zero attached hydrogens (tertiary/aromatic N) is 2. The Balaban J connectivity index is 1.46. The predicted octanol–water partition coefficient (Wildman–Crippen LogP) is 3.93. The van der Waals surface area contributed by atoms with E-state index in [1.807, 2.05) is 10.6 Å². The Bertz CT molecular complexity index is 1150. The number of hydrogen-bond acceptors (Lipinski definition) is 3. The molecule has 0 radical (unpaired) electrons. The molecule has 0 spiro atoms. The zero-order valence-corrected chi connectivity index (χ0v) is 16.5. The summed E-state index contributed by atoms with van der Waals surface area (Å²) in [6.07, 6.45) is 7.10. The molecule has 0 fully saturated rings. The second-order valence-corrected chi connectivity index (χ2v) is 8.14. The summed E-state index contributed by atoms with van der Waals surface area (Å²) >= 11 is 0. The molecule has 1 aliphatic heterocycles. The maximum Gasteiger partial charge on any atom is 0.261 e. The fourth-order valence-corrected chi connectivity index (χ4v) is 4.70. The van der Waals surface area contributed by atoms with Crippen molar-refractivity contribution in [1.29, 1.82) is 0 Å². The number of fused-ring (bicyclic) bond motifs is 3. The second kappa shape index (κ2) is 7.47. The van der Waals surface area contributed by atoms with E-state index in [0.29, 0.717) is 16.5 Å². The summed E-state index contributed by atoms with van der Waals surface area (Å²) in [5.41, 5.74) is 3.74. The van der Waals surface area contributed by atoms with Crippen LogP contribution < -0.4 is 10.9 Å². The van der Waals surface area contributed by atoms with Gasteiger partial charge in [-0.2, -0.15) is 0 Å². The zero-order valence-electron chi connectivity index (χ0n) is 16.5. The molecule has 0 saturated carbocycles. The van der Waals surface area contributed by atoms with Crippen LogP contribution in [-0.2, 0) is 19.4 Å². The number of rotatable bonds is 2. The quantitative estimate of drug-likeness (QED) is 0.725. The van der Waals surface area contributed by atoms with Gasteiger partial charge in [0.05, 0.1) is 16.9 Å². The Kier molecular flexibility index (Phi) is 4.66.